The predicted molar refractivity (Wildman–Crippen MR) is 73.6 cm³/mol. The van der Waals surface area contributed by atoms with Gasteiger partial charge in [0.1, 0.15) is 11.5 Å². The molecule has 1 unspecified atom stereocenters. The molecule has 2 rings (SSSR count). The van der Waals surface area contributed by atoms with Crippen LogP contribution in [0.4, 0.5) is 0 Å². The number of ketones is 2. The van der Waals surface area contributed by atoms with Crippen molar-refractivity contribution in [2.24, 2.45) is 5.92 Å². The number of carbonyl (C=O) groups excluding carboxylic acids is 3. The largest absolute Gasteiger partial charge is 0.423 e. The Morgan fingerprint density at radius 1 is 1.25 bits per heavy atom. The summed E-state index contributed by atoms with van der Waals surface area (Å²) in [5.41, 5.74) is 0.545. The maximum atomic E-state index is 12.3. The molecule has 0 spiro atoms. The van der Waals surface area contributed by atoms with E-state index in [1.807, 2.05) is 0 Å². The molecule has 0 amide bonds. The number of benzene rings is 1. The smallest absolute Gasteiger partial charge is 0.335 e. The maximum Gasteiger partial charge on any atom is 0.335 e. The number of carbonyl (C=O) groups is 3. The highest BCUT2D eigenvalue weighted by atomic mass is 16.5. The van der Waals surface area contributed by atoms with Gasteiger partial charge in [0.2, 0.25) is 0 Å². The summed E-state index contributed by atoms with van der Waals surface area (Å²) in [5, 5.41) is 0. The van der Waals surface area contributed by atoms with Crippen LogP contribution in [0.1, 0.15) is 36.0 Å². The third-order valence-corrected chi connectivity index (χ3v) is 3.38. The van der Waals surface area contributed by atoms with E-state index in [0.29, 0.717) is 24.2 Å². The Kier molecular flexibility index (Phi) is 4.45. The molecule has 1 aliphatic carbocycles. The summed E-state index contributed by atoms with van der Waals surface area (Å²) in [7, 11) is 0. The Morgan fingerprint density at radius 3 is 2.55 bits per heavy atom. The van der Waals surface area contributed by atoms with Gasteiger partial charge >= 0.3 is 5.97 Å². The van der Waals surface area contributed by atoms with E-state index in [2.05, 4.69) is 6.58 Å². The molecule has 1 aliphatic rings. The first-order valence-corrected chi connectivity index (χ1v) is 6.60. The van der Waals surface area contributed by atoms with Crippen molar-refractivity contribution < 1.29 is 19.1 Å². The van der Waals surface area contributed by atoms with Crippen molar-refractivity contribution in [1.82, 2.24) is 0 Å². The molecule has 0 heterocycles. The Hall–Kier alpha value is -2.23. The highest BCUT2D eigenvalue weighted by molar-refractivity contribution is 6.00. The quantitative estimate of drug-likeness (QED) is 0.366. The monoisotopic (exact) mass is 272 g/mol. The summed E-state index contributed by atoms with van der Waals surface area (Å²) >= 11 is 0. The van der Waals surface area contributed by atoms with Crippen molar-refractivity contribution in [3.05, 3.63) is 42.5 Å². The Bertz CT molecular complexity index is 542. The Labute approximate surface area is 117 Å². The predicted octanol–water partition coefficient (Wildman–Crippen LogP) is 2.72. The summed E-state index contributed by atoms with van der Waals surface area (Å²) in [5.74, 6) is -0.239. The average molecular weight is 272 g/mol. The first kappa shape index (κ1) is 14.2. The second-order valence-electron chi connectivity index (χ2n) is 4.85. The standard InChI is InChI=1S/C16H16O4/c1-2-15(18)20-14-8-6-11(7-9-14)16(19)12-4-3-5-13(17)10-12/h2,6-9,12H,1,3-5,10H2. The molecule has 1 atom stereocenters. The number of Topliss-reactive ketones (excluding diaryl/α,β-unsaturated/α-hetero) is 2. The topological polar surface area (TPSA) is 60.4 Å². The minimum atomic E-state index is -0.540. The summed E-state index contributed by atoms with van der Waals surface area (Å²) in [6, 6.07) is 6.37. The van der Waals surface area contributed by atoms with Crippen LogP contribution in [0.3, 0.4) is 0 Å². The highest BCUT2D eigenvalue weighted by Crippen LogP contribution is 2.25. The van der Waals surface area contributed by atoms with Crippen molar-refractivity contribution in [2.75, 3.05) is 0 Å². The first-order chi connectivity index (χ1) is 9.60. The third kappa shape index (κ3) is 3.41. The minimum absolute atomic E-state index is 0.0142. The maximum absolute atomic E-state index is 12.3. The molecule has 0 bridgehead atoms. The molecule has 1 saturated carbocycles. The van der Waals surface area contributed by atoms with E-state index in [1.54, 1.807) is 24.3 Å². The molecule has 4 heteroatoms. The van der Waals surface area contributed by atoms with E-state index in [-0.39, 0.29) is 17.5 Å². The van der Waals surface area contributed by atoms with E-state index in [9.17, 15) is 14.4 Å². The lowest BCUT2D eigenvalue weighted by Crippen LogP contribution is -2.22. The molecule has 1 fully saturated rings. The van der Waals surface area contributed by atoms with Crippen LogP contribution in [-0.4, -0.2) is 17.5 Å². The molecular weight excluding hydrogens is 256 g/mol. The van der Waals surface area contributed by atoms with Crippen LogP contribution in [0.25, 0.3) is 0 Å². The fourth-order valence-corrected chi connectivity index (χ4v) is 2.33. The van der Waals surface area contributed by atoms with Crippen LogP contribution in [0.15, 0.2) is 36.9 Å². The van der Waals surface area contributed by atoms with Crippen LogP contribution < -0.4 is 4.74 Å². The zero-order valence-corrected chi connectivity index (χ0v) is 11.1. The molecule has 0 radical (unpaired) electrons. The van der Waals surface area contributed by atoms with E-state index in [1.165, 1.54) is 0 Å². The van der Waals surface area contributed by atoms with Gasteiger partial charge in [-0.05, 0) is 37.1 Å². The fourth-order valence-electron chi connectivity index (χ4n) is 2.33. The molecular formula is C16H16O4. The molecule has 20 heavy (non-hydrogen) atoms. The second kappa shape index (κ2) is 6.28. The summed E-state index contributed by atoms with van der Waals surface area (Å²) in [4.78, 5) is 34.7. The zero-order valence-electron chi connectivity index (χ0n) is 11.1. The minimum Gasteiger partial charge on any atom is -0.423 e. The van der Waals surface area contributed by atoms with Crippen molar-refractivity contribution >= 4 is 17.5 Å². The molecule has 104 valence electrons. The number of esters is 1. The third-order valence-electron chi connectivity index (χ3n) is 3.38. The number of hydrogen-bond acceptors (Lipinski definition) is 4. The Morgan fingerprint density at radius 2 is 1.95 bits per heavy atom. The van der Waals surface area contributed by atoms with Gasteiger partial charge in [0, 0.05) is 30.4 Å². The van der Waals surface area contributed by atoms with Gasteiger partial charge in [0.25, 0.3) is 0 Å². The van der Waals surface area contributed by atoms with E-state index >= 15 is 0 Å². The van der Waals surface area contributed by atoms with Gasteiger partial charge in [-0.15, -0.1) is 0 Å². The van der Waals surface area contributed by atoms with Gasteiger partial charge in [-0.2, -0.15) is 0 Å². The van der Waals surface area contributed by atoms with Crippen molar-refractivity contribution in [3.63, 3.8) is 0 Å². The molecule has 0 aliphatic heterocycles. The van der Waals surface area contributed by atoms with Gasteiger partial charge in [-0.25, -0.2) is 4.79 Å². The summed E-state index contributed by atoms with van der Waals surface area (Å²) < 4.78 is 4.94. The fraction of sp³-hybridized carbons (Fsp3) is 0.312. The van der Waals surface area contributed by atoms with Crippen molar-refractivity contribution in [1.29, 1.82) is 0 Å². The van der Waals surface area contributed by atoms with Gasteiger partial charge in [-0.3, -0.25) is 9.59 Å². The molecule has 0 saturated heterocycles. The molecule has 0 aromatic heterocycles. The SMILES string of the molecule is C=CC(=O)Oc1ccc(C(=O)C2CCCC(=O)C2)cc1. The first-order valence-electron chi connectivity index (χ1n) is 6.60. The second-order valence-corrected chi connectivity index (χ2v) is 4.85. The lowest BCUT2D eigenvalue weighted by molar-refractivity contribution is -0.129. The van der Waals surface area contributed by atoms with Gasteiger partial charge in [0.05, 0.1) is 0 Å². The average Bonchev–Trinajstić information content (AvgIpc) is 2.47. The summed E-state index contributed by atoms with van der Waals surface area (Å²) in [6.07, 6.45) is 3.54. The normalized spacial score (nSPS) is 18.4. The lowest BCUT2D eigenvalue weighted by atomic mass is 9.83. The molecule has 0 N–H and O–H groups in total. The highest BCUT2D eigenvalue weighted by Gasteiger charge is 2.26. The summed E-state index contributed by atoms with van der Waals surface area (Å²) in [6.45, 7) is 3.31. The van der Waals surface area contributed by atoms with Gasteiger partial charge in [0.15, 0.2) is 5.78 Å². The molecule has 1 aromatic carbocycles. The van der Waals surface area contributed by atoms with Crippen LogP contribution >= 0.6 is 0 Å². The van der Waals surface area contributed by atoms with Crippen molar-refractivity contribution in [3.8, 4) is 5.75 Å². The van der Waals surface area contributed by atoms with Crippen molar-refractivity contribution in [2.45, 2.75) is 25.7 Å². The van der Waals surface area contributed by atoms with E-state index in [0.717, 1.165) is 18.9 Å². The lowest BCUT2D eigenvalue weighted by Gasteiger charge is -2.19. The van der Waals surface area contributed by atoms with Crippen LogP contribution in [0.5, 0.6) is 5.75 Å². The van der Waals surface area contributed by atoms with Gasteiger partial charge in [-0.1, -0.05) is 6.58 Å². The number of ether oxygens (including phenoxy) is 1. The van der Waals surface area contributed by atoms with E-state index < -0.39 is 5.97 Å². The van der Waals surface area contributed by atoms with Crippen LogP contribution in [0, 0.1) is 5.92 Å². The zero-order chi connectivity index (χ0) is 14.5. The van der Waals surface area contributed by atoms with Crippen LogP contribution in [-0.2, 0) is 9.59 Å². The molecule has 4 nitrogen and oxygen atoms in total. The molecule has 1 aromatic rings. The number of rotatable bonds is 4. The Balaban J connectivity index is 2.05. The number of hydrogen-bond donors (Lipinski definition) is 0. The van der Waals surface area contributed by atoms with Gasteiger partial charge < -0.3 is 4.74 Å². The van der Waals surface area contributed by atoms with E-state index in [4.69, 9.17) is 4.74 Å². The van der Waals surface area contributed by atoms with Crippen LogP contribution in [0.2, 0.25) is 0 Å².